The number of rotatable bonds is 24. The highest BCUT2D eigenvalue weighted by molar-refractivity contribution is 5.87. The van der Waals surface area contributed by atoms with Gasteiger partial charge in [-0.05, 0) is 39.5 Å². The van der Waals surface area contributed by atoms with Gasteiger partial charge in [0, 0.05) is 36.8 Å². The van der Waals surface area contributed by atoms with Crippen molar-refractivity contribution in [3.63, 3.8) is 0 Å². The van der Waals surface area contributed by atoms with Gasteiger partial charge in [-0.1, -0.05) is 26.0 Å². The topological polar surface area (TPSA) is 323 Å². The normalized spacial score (nSPS) is 10.2. The van der Waals surface area contributed by atoms with Crippen LogP contribution in [0, 0.1) is 10.8 Å². The minimum atomic E-state index is -1.18. The molecule has 0 amide bonds. The van der Waals surface area contributed by atoms with Gasteiger partial charge in [-0.3, -0.25) is 19.2 Å². The molecule has 18 nitrogen and oxygen atoms in total. The van der Waals surface area contributed by atoms with Crippen LogP contribution in [0.3, 0.4) is 0 Å². The van der Waals surface area contributed by atoms with Crippen LogP contribution in [0.4, 0.5) is 0 Å². The molecular weight excluding hydrogens is 697 g/mol. The van der Waals surface area contributed by atoms with Crippen LogP contribution >= 0.6 is 0 Å². The lowest BCUT2D eigenvalue weighted by Gasteiger charge is -2.26. The number of ether oxygens (including phenoxy) is 2. The molecule has 0 spiro atoms. The third kappa shape index (κ3) is 36.4. The SMILES string of the molecule is C=C(C)C(=O)OCC(CO)(CO)CO.C=C(C)C(=O)OCC(CO)(CO)CO.O=C(O)CCCCCC(=O)O.O=C(O)CCCCCC(=O)O.[MgH2]. The predicted molar refractivity (Wildman–Crippen MR) is 184 cm³/mol. The number of carbonyl (C=O) groups is 6. The zero-order chi connectivity index (χ0) is 39.8. The summed E-state index contributed by atoms with van der Waals surface area (Å²) in [5.74, 6) is -4.49. The van der Waals surface area contributed by atoms with Gasteiger partial charge in [0.15, 0.2) is 0 Å². The van der Waals surface area contributed by atoms with E-state index in [1.165, 1.54) is 13.8 Å². The maximum absolute atomic E-state index is 11.0. The Morgan fingerprint density at radius 2 is 0.647 bits per heavy atom. The van der Waals surface area contributed by atoms with Crippen LogP contribution in [0.1, 0.15) is 78.1 Å². The summed E-state index contributed by atoms with van der Waals surface area (Å²) in [5, 5.41) is 86.2. The second-order valence-corrected chi connectivity index (χ2v) is 11.4. The number of hydrogen-bond donors (Lipinski definition) is 10. The van der Waals surface area contributed by atoms with E-state index in [4.69, 9.17) is 60.5 Å². The molecule has 10 N–H and O–H groups in total. The van der Waals surface area contributed by atoms with Gasteiger partial charge < -0.3 is 60.5 Å². The standard InChI is InChI=1S/2C9H16O5.2C7H12O4.Mg.2H/c2*1-7(2)8(13)14-6-9(3-10,4-11)5-12;2*8-6(9)4-2-1-3-5-7(10)11;;;/h2*10-12H,1,3-6H2,2H3;2*1-5H2,(H,8,9)(H,10,11);;;. The molecule has 0 aromatic heterocycles. The lowest BCUT2D eigenvalue weighted by atomic mass is 9.92. The molecule has 0 atom stereocenters. The second-order valence-electron chi connectivity index (χ2n) is 11.4. The van der Waals surface area contributed by atoms with Crippen LogP contribution in [-0.4, -0.2) is 163 Å². The van der Waals surface area contributed by atoms with Gasteiger partial charge in [0.2, 0.25) is 0 Å². The van der Waals surface area contributed by atoms with E-state index >= 15 is 0 Å². The summed E-state index contributed by atoms with van der Waals surface area (Å²) in [4.78, 5) is 61.9. The minimum absolute atomic E-state index is 0. The summed E-state index contributed by atoms with van der Waals surface area (Å²) in [5.41, 5.74) is -1.89. The van der Waals surface area contributed by atoms with Crippen molar-refractivity contribution in [2.45, 2.75) is 78.1 Å². The lowest BCUT2D eigenvalue weighted by Crippen LogP contribution is -2.39. The van der Waals surface area contributed by atoms with E-state index in [1.807, 2.05) is 0 Å². The van der Waals surface area contributed by atoms with Crippen molar-refractivity contribution < 1.29 is 89.3 Å². The number of esters is 2. The first-order valence-corrected chi connectivity index (χ1v) is 15.5. The smallest absolute Gasteiger partial charge is 0.333 e. The van der Waals surface area contributed by atoms with Gasteiger partial charge in [-0.25, -0.2) is 9.59 Å². The number of aliphatic hydroxyl groups excluding tert-OH is 6. The largest absolute Gasteiger partial charge is 0.481 e. The summed E-state index contributed by atoms with van der Waals surface area (Å²) >= 11 is 0. The van der Waals surface area contributed by atoms with Crippen molar-refractivity contribution in [1.82, 2.24) is 0 Å². The number of unbranched alkanes of at least 4 members (excludes halogenated alkanes) is 4. The van der Waals surface area contributed by atoms with Gasteiger partial charge >= 0.3 is 58.9 Å². The summed E-state index contributed by atoms with van der Waals surface area (Å²) < 4.78 is 9.45. The zero-order valence-corrected chi connectivity index (χ0v) is 28.9. The molecule has 51 heavy (non-hydrogen) atoms. The van der Waals surface area contributed by atoms with Gasteiger partial charge in [-0.2, -0.15) is 0 Å². The van der Waals surface area contributed by atoms with E-state index in [2.05, 4.69) is 13.2 Å². The highest BCUT2D eigenvalue weighted by Crippen LogP contribution is 2.16. The summed E-state index contributed by atoms with van der Waals surface area (Å²) in [6.45, 7) is 6.52. The van der Waals surface area contributed by atoms with Crippen molar-refractivity contribution >= 4 is 58.9 Å². The molecule has 0 fully saturated rings. The van der Waals surface area contributed by atoms with Gasteiger partial charge in [0.05, 0.1) is 50.5 Å². The Morgan fingerprint density at radius 1 is 0.451 bits per heavy atom. The molecule has 0 aliphatic heterocycles. The molecule has 0 aliphatic rings. The number of aliphatic hydroxyl groups is 6. The fraction of sp³-hybridized carbons (Fsp3) is 0.688. The van der Waals surface area contributed by atoms with Crippen molar-refractivity contribution in [2.24, 2.45) is 10.8 Å². The fourth-order valence-corrected chi connectivity index (χ4v) is 2.72. The number of carboxylic acids is 4. The maximum atomic E-state index is 11.0. The highest BCUT2D eigenvalue weighted by atomic mass is 24.3. The highest BCUT2D eigenvalue weighted by Gasteiger charge is 2.31. The Morgan fingerprint density at radius 3 is 0.784 bits per heavy atom. The molecule has 0 rings (SSSR count). The average Bonchev–Trinajstić information content (AvgIpc) is 3.06. The van der Waals surface area contributed by atoms with Gasteiger partial charge in [-0.15, -0.1) is 0 Å². The first kappa shape index (κ1) is 57.2. The molecule has 0 aromatic rings. The number of aliphatic carboxylic acids is 4. The Balaban J connectivity index is -0.000000184. The Kier molecular flexibility index (Phi) is 39.5. The molecule has 0 aliphatic carbocycles. The predicted octanol–water partition coefficient (Wildman–Crippen LogP) is -0.566. The third-order valence-electron chi connectivity index (χ3n) is 6.29. The van der Waals surface area contributed by atoms with Crippen LogP contribution in [0.25, 0.3) is 0 Å². The molecule has 0 aromatic carbocycles. The molecule has 296 valence electrons. The quantitative estimate of drug-likeness (QED) is 0.0255. The lowest BCUT2D eigenvalue weighted by molar-refractivity contribution is -0.147. The molecule has 0 heterocycles. The molecule has 0 saturated heterocycles. The second kappa shape index (κ2) is 35.2. The van der Waals surface area contributed by atoms with Gasteiger partial charge in [0.25, 0.3) is 0 Å². The molecular formula is C32H58MgO18. The van der Waals surface area contributed by atoms with Crippen molar-refractivity contribution in [3.8, 4) is 0 Å². The van der Waals surface area contributed by atoms with E-state index in [9.17, 15) is 28.8 Å². The summed E-state index contributed by atoms with van der Waals surface area (Å²) in [6.07, 6.45) is 4.20. The molecule has 0 unspecified atom stereocenters. The number of hydrogen-bond acceptors (Lipinski definition) is 14. The van der Waals surface area contributed by atoms with E-state index in [1.54, 1.807) is 0 Å². The van der Waals surface area contributed by atoms with Crippen molar-refractivity contribution in [1.29, 1.82) is 0 Å². The van der Waals surface area contributed by atoms with E-state index < -0.39 is 86.3 Å². The summed E-state index contributed by atoms with van der Waals surface area (Å²) in [6, 6.07) is 0. The third-order valence-corrected chi connectivity index (χ3v) is 6.29. The molecule has 0 radical (unpaired) electrons. The maximum Gasteiger partial charge on any atom is 0.333 e. The first-order valence-electron chi connectivity index (χ1n) is 15.5. The fourth-order valence-electron chi connectivity index (χ4n) is 2.72. The minimum Gasteiger partial charge on any atom is -0.481 e. The Hall–Kier alpha value is -3.17. The van der Waals surface area contributed by atoms with Crippen LogP contribution in [0.2, 0.25) is 0 Å². The molecule has 19 heteroatoms. The summed E-state index contributed by atoms with van der Waals surface area (Å²) in [7, 11) is 0. The molecule has 0 saturated carbocycles. The number of carbonyl (C=O) groups excluding carboxylic acids is 2. The van der Waals surface area contributed by atoms with Crippen LogP contribution in [-0.2, 0) is 38.2 Å². The Labute approximate surface area is 313 Å². The Bertz CT molecular complexity index is 893. The van der Waals surface area contributed by atoms with E-state index in [0.29, 0.717) is 38.5 Å². The molecule has 0 bridgehead atoms. The zero-order valence-electron chi connectivity index (χ0n) is 28.9. The van der Waals surface area contributed by atoms with Gasteiger partial charge in [0.1, 0.15) is 13.2 Å². The van der Waals surface area contributed by atoms with Crippen molar-refractivity contribution in [2.75, 3.05) is 52.9 Å². The van der Waals surface area contributed by atoms with E-state index in [-0.39, 0.29) is 73.1 Å². The monoisotopic (exact) mass is 754 g/mol. The average molecular weight is 755 g/mol. The van der Waals surface area contributed by atoms with Crippen molar-refractivity contribution in [3.05, 3.63) is 24.3 Å². The number of carboxylic acid groups (broad SMARTS) is 4. The van der Waals surface area contributed by atoms with Crippen LogP contribution in [0.15, 0.2) is 24.3 Å². The van der Waals surface area contributed by atoms with E-state index in [0.717, 1.165) is 0 Å². The van der Waals surface area contributed by atoms with Crippen LogP contribution < -0.4 is 0 Å². The first-order chi connectivity index (χ1) is 23.3. The van der Waals surface area contributed by atoms with Crippen LogP contribution in [0.5, 0.6) is 0 Å².